The molecular weight excluding hydrogens is 468 g/mol. The molecular formula is C20H30N6O9. The van der Waals surface area contributed by atoms with E-state index in [1.54, 1.807) is 13.8 Å². The van der Waals surface area contributed by atoms with E-state index in [0.29, 0.717) is 5.69 Å². The number of rotatable bonds is 15. The fourth-order valence-corrected chi connectivity index (χ4v) is 2.94. The minimum Gasteiger partial charge on any atom is -0.481 e. The number of H-pyrrole nitrogens is 1. The Morgan fingerprint density at radius 2 is 1.54 bits per heavy atom. The van der Waals surface area contributed by atoms with Gasteiger partial charge in [-0.1, -0.05) is 13.8 Å². The lowest BCUT2D eigenvalue weighted by atomic mass is 10.0. The Morgan fingerprint density at radius 3 is 2.03 bits per heavy atom. The molecule has 0 saturated carbocycles. The second-order valence-electron chi connectivity index (χ2n) is 8.11. The second-order valence-corrected chi connectivity index (χ2v) is 8.11. The van der Waals surface area contributed by atoms with Crippen molar-refractivity contribution in [2.75, 3.05) is 0 Å². The van der Waals surface area contributed by atoms with Crippen molar-refractivity contribution in [1.29, 1.82) is 0 Å². The first-order valence-corrected chi connectivity index (χ1v) is 10.6. The molecule has 35 heavy (non-hydrogen) atoms. The molecule has 194 valence electrons. The van der Waals surface area contributed by atoms with E-state index < -0.39 is 78.6 Å². The fraction of sp³-hybridized carbons (Fsp3) is 0.550. The molecule has 0 spiro atoms. The van der Waals surface area contributed by atoms with Gasteiger partial charge in [0.25, 0.3) is 0 Å². The zero-order valence-corrected chi connectivity index (χ0v) is 19.2. The molecule has 1 aromatic heterocycles. The molecule has 0 bridgehead atoms. The first-order chi connectivity index (χ1) is 16.3. The van der Waals surface area contributed by atoms with Gasteiger partial charge in [0, 0.05) is 24.7 Å². The Balaban J connectivity index is 3.05. The summed E-state index contributed by atoms with van der Waals surface area (Å²) in [5.41, 5.74) is 6.02. The maximum Gasteiger partial charge on any atom is 0.326 e. The van der Waals surface area contributed by atoms with Crippen molar-refractivity contribution in [3.8, 4) is 0 Å². The van der Waals surface area contributed by atoms with E-state index in [4.69, 9.17) is 15.9 Å². The number of aromatic amines is 1. The highest BCUT2D eigenvalue weighted by molar-refractivity contribution is 5.95. The number of amides is 3. The van der Waals surface area contributed by atoms with E-state index in [-0.39, 0.29) is 12.8 Å². The van der Waals surface area contributed by atoms with Crippen LogP contribution < -0.4 is 21.7 Å². The predicted octanol–water partition coefficient (Wildman–Crippen LogP) is -2.19. The average molecular weight is 498 g/mol. The number of nitrogens with two attached hydrogens (primary N) is 1. The lowest BCUT2D eigenvalue weighted by Gasteiger charge is -2.25. The van der Waals surface area contributed by atoms with Crippen molar-refractivity contribution in [2.24, 2.45) is 11.7 Å². The van der Waals surface area contributed by atoms with Gasteiger partial charge in [0.2, 0.25) is 17.7 Å². The summed E-state index contributed by atoms with van der Waals surface area (Å²) in [5.74, 6) is -7.24. The number of carboxylic acid groups (broad SMARTS) is 3. The molecule has 0 aromatic carbocycles. The molecule has 9 N–H and O–H groups in total. The standard InChI is InChI=1S/C20H30N6O9/c1-9(2)16(20(34)35)26-19(33)12(5-10-7-22-8-23-10)25-18(32)13(6-15(29)30)24-17(31)11(21)3-4-14(27)28/h7-9,11-13,16H,3-6,21H2,1-2H3,(H,22,23)(H,24,31)(H,25,32)(H,26,33)(H,27,28)(H,29,30)(H,34,35). The molecule has 15 nitrogen and oxygen atoms in total. The number of carbonyl (C=O) groups excluding carboxylic acids is 3. The second kappa shape index (κ2) is 13.6. The minimum absolute atomic E-state index is 0.145. The molecule has 0 aliphatic carbocycles. The average Bonchev–Trinajstić information content (AvgIpc) is 3.26. The van der Waals surface area contributed by atoms with Crippen LogP contribution >= 0.6 is 0 Å². The molecule has 1 heterocycles. The highest BCUT2D eigenvalue weighted by atomic mass is 16.4. The summed E-state index contributed by atoms with van der Waals surface area (Å²) in [6.07, 6.45) is 1.03. The molecule has 0 saturated heterocycles. The highest BCUT2D eigenvalue weighted by Gasteiger charge is 2.32. The van der Waals surface area contributed by atoms with Crippen molar-refractivity contribution in [1.82, 2.24) is 25.9 Å². The lowest BCUT2D eigenvalue weighted by Crippen LogP contribution is -2.58. The summed E-state index contributed by atoms with van der Waals surface area (Å²) < 4.78 is 0. The number of hydrogen-bond acceptors (Lipinski definition) is 8. The summed E-state index contributed by atoms with van der Waals surface area (Å²) in [7, 11) is 0. The molecule has 15 heteroatoms. The van der Waals surface area contributed by atoms with Gasteiger partial charge in [-0.2, -0.15) is 0 Å². The summed E-state index contributed by atoms with van der Waals surface area (Å²) in [4.78, 5) is 77.9. The molecule has 1 aromatic rings. The molecule has 4 atom stereocenters. The quantitative estimate of drug-likeness (QED) is 0.129. The van der Waals surface area contributed by atoms with Crippen molar-refractivity contribution in [3.63, 3.8) is 0 Å². The van der Waals surface area contributed by atoms with Crippen LogP contribution in [-0.2, 0) is 35.2 Å². The first kappa shape index (κ1) is 29.0. The van der Waals surface area contributed by atoms with Gasteiger partial charge in [0.1, 0.15) is 18.1 Å². The smallest absolute Gasteiger partial charge is 0.326 e. The zero-order chi connectivity index (χ0) is 26.7. The van der Waals surface area contributed by atoms with Gasteiger partial charge in [-0.3, -0.25) is 24.0 Å². The SMILES string of the molecule is CC(C)C(NC(=O)C(Cc1cnc[nH]1)NC(=O)C(CC(=O)O)NC(=O)C(N)CCC(=O)O)C(=O)O. The van der Waals surface area contributed by atoms with Crippen LogP contribution in [0.15, 0.2) is 12.5 Å². The summed E-state index contributed by atoms with van der Waals surface area (Å²) in [5, 5.41) is 34.0. The monoisotopic (exact) mass is 498 g/mol. The number of nitrogens with zero attached hydrogens (tertiary/aromatic N) is 1. The number of hydrogen-bond donors (Lipinski definition) is 8. The Labute approximate surface area is 199 Å². The Kier molecular flexibility index (Phi) is 11.3. The number of carboxylic acids is 3. The molecule has 3 amide bonds. The summed E-state index contributed by atoms with van der Waals surface area (Å²) in [6.45, 7) is 3.15. The predicted molar refractivity (Wildman–Crippen MR) is 118 cm³/mol. The molecule has 4 unspecified atom stereocenters. The van der Waals surface area contributed by atoms with Crippen LogP contribution in [-0.4, -0.2) is 85.1 Å². The van der Waals surface area contributed by atoms with Crippen LogP contribution in [0.5, 0.6) is 0 Å². The normalized spacial score (nSPS) is 14.3. The van der Waals surface area contributed by atoms with Crippen LogP contribution in [0.3, 0.4) is 0 Å². The van der Waals surface area contributed by atoms with Crippen LogP contribution in [0.1, 0.15) is 38.8 Å². The van der Waals surface area contributed by atoms with E-state index in [1.165, 1.54) is 12.5 Å². The highest BCUT2D eigenvalue weighted by Crippen LogP contribution is 2.06. The summed E-state index contributed by atoms with van der Waals surface area (Å²) >= 11 is 0. The number of carbonyl (C=O) groups is 6. The third-order valence-corrected chi connectivity index (χ3v) is 4.86. The van der Waals surface area contributed by atoms with Crippen LogP contribution in [0.4, 0.5) is 0 Å². The van der Waals surface area contributed by atoms with Gasteiger partial charge in [0.15, 0.2) is 0 Å². The van der Waals surface area contributed by atoms with Gasteiger partial charge in [-0.15, -0.1) is 0 Å². The van der Waals surface area contributed by atoms with Crippen molar-refractivity contribution < 1.29 is 44.1 Å². The van der Waals surface area contributed by atoms with Gasteiger partial charge in [0.05, 0.1) is 18.8 Å². The van der Waals surface area contributed by atoms with Crippen LogP contribution in [0, 0.1) is 5.92 Å². The third kappa shape index (κ3) is 10.2. The van der Waals surface area contributed by atoms with Crippen molar-refractivity contribution in [2.45, 2.75) is 63.7 Å². The Hall–Kier alpha value is -4.01. The molecule has 0 fully saturated rings. The van der Waals surface area contributed by atoms with Gasteiger partial charge in [-0.25, -0.2) is 9.78 Å². The maximum atomic E-state index is 12.9. The maximum absolute atomic E-state index is 12.9. The van der Waals surface area contributed by atoms with E-state index >= 15 is 0 Å². The fourth-order valence-electron chi connectivity index (χ4n) is 2.94. The number of aromatic nitrogens is 2. The molecule has 0 aliphatic rings. The lowest BCUT2D eigenvalue weighted by molar-refractivity contribution is -0.144. The molecule has 1 rings (SSSR count). The number of nitrogens with one attached hydrogen (secondary N) is 4. The topological polar surface area (TPSA) is 254 Å². The van der Waals surface area contributed by atoms with Crippen molar-refractivity contribution >= 4 is 35.6 Å². The number of imidazole rings is 1. The van der Waals surface area contributed by atoms with E-state index in [1.807, 2.05) is 0 Å². The minimum atomic E-state index is -1.65. The van der Waals surface area contributed by atoms with Crippen LogP contribution in [0.25, 0.3) is 0 Å². The van der Waals surface area contributed by atoms with Gasteiger partial charge in [-0.05, 0) is 12.3 Å². The Bertz CT molecular complexity index is 918. The Morgan fingerprint density at radius 1 is 0.943 bits per heavy atom. The third-order valence-electron chi connectivity index (χ3n) is 4.86. The molecule has 0 aliphatic heterocycles. The summed E-state index contributed by atoms with van der Waals surface area (Å²) in [6, 6.07) is -5.57. The van der Waals surface area contributed by atoms with E-state index in [2.05, 4.69) is 25.9 Å². The first-order valence-electron chi connectivity index (χ1n) is 10.6. The van der Waals surface area contributed by atoms with Gasteiger partial charge < -0.3 is 42.0 Å². The van der Waals surface area contributed by atoms with Gasteiger partial charge >= 0.3 is 17.9 Å². The molecule has 0 radical (unpaired) electrons. The van der Waals surface area contributed by atoms with E-state index in [9.17, 15) is 33.9 Å². The largest absolute Gasteiger partial charge is 0.481 e. The van der Waals surface area contributed by atoms with Crippen LogP contribution in [0.2, 0.25) is 0 Å². The number of aliphatic carboxylic acids is 3. The van der Waals surface area contributed by atoms with Crippen molar-refractivity contribution in [3.05, 3.63) is 18.2 Å². The zero-order valence-electron chi connectivity index (χ0n) is 19.2. The van der Waals surface area contributed by atoms with E-state index in [0.717, 1.165) is 0 Å².